The Morgan fingerprint density at radius 1 is 1.20 bits per heavy atom. The number of hydrogen-bond donors (Lipinski definition) is 2. The number of aromatic amines is 1. The first-order valence-corrected chi connectivity index (χ1v) is 7.04. The number of aryl methyl sites for hydroxylation is 1. The van der Waals surface area contributed by atoms with Crippen LogP contribution in [0.1, 0.15) is 11.1 Å². The normalized spacial score (nSPS) is 11.5. The van der Waals surface area contributed by atoms with Crippen LogP contribution in [0.25, 0.3) is 10.9 Å². The first-order valence-electron chi connectivity index (χ1n) is 6.25. The second-order valence-corrected chi connectivity index (χ2v) is 5.54. The van der Waals surface area contributed by atoms with Crippen molar-refractivity contribution in [1.29, 1.82) is 0 Å². The summed E-state index contributed by atoms with van der Waals surface area (Å²) >= 11 is 3.43. The van der Waals surface area contributed by atoms with E-state index in [-0.39, 0.29) is 5.88 Å². The zero-order chi connectivity index (χ0) is 14.1. The Balaban J connectivity index is 2.04. The highest BCUT2D eigenvalue weighted by Gasteiger charge is 2.07. The molecule has 4 heteroatoms. The highest BCUT2D eigenvalue weighted by atomic mass is 79.9. The van der Waals surface area contributed by atoms with Gasteiger partial charge in [0.2, 0.25) is 0 Å². The molecule has 0 amide bonds. The van der Waals surface area contributed by atoms with Gasteiger partial charge in [0.1, 0.15) is 0 Å². The van der Waals surface area contributed by atoms with Gasteiger partial charge in [-0.25, -0.2) is 0 Å². The maximum absolute atomic E-state index is 9.97. The summed E-state index contributed by atoms with van der Waals surface area (Å²) in [6.07, 6.45) is 1.70. The fourth-order valence-corrected chi connectivity index (χ4v) is 2.65. The lowest BCUT2D eigenvalue weighted by molar-refractivity contribution is 0.457. The summed E-state index contributed by atoms with van der Waals surface area (Å²) in [5.41, 5.74) is 3.58. The molecule has 0 atom stereocenters. The van der Waals surface area contributed by atoms with Gasteiger partial charge in [0.25, 0.3) is 0 Å². The summed E-state index contributed by atoms with van der Waals surface area (Å²) in [5, 5.41) is 10.9. The molecule has 3 rings (SSSR count). The molecule has 20 heavy (non-hydrogen) atoms. The first-order chi connectivity index (χ1) is 9.65. The average molecular weight is 329 g/mol. The van der Waals surface area contributed by atoms with E-state index in [1.54, 1.807) is 6.21 Å². The number of H-pyrrole nitrogens is 1. The number of benzene rings is 2. The molecule has 0 radical (unpaired) electrons. The topological polar surface area (TPSA) is 48.4 Å². The van der Waals surface area contributed by atoms with Gasteiger partial charge in [0, 0.05) is 21.6 Å². The van der Waals surface area contributed by atoms with Crippen LogP contribution < -0.4 is 0 Å². The molecule has 0 aliphatic carbocycles. The molecular formula is C16H13BrN2O. The zero-order valence-electron chi connectivity index (χ0n) is 10.9. The van der Waals surface area contributed by atoms with Gasteiger partial charge < -0.3 is 10.1 Å². The number of nitrogens with zero attached hydrogens (tertiary/aromatic N) is 1. The van der Waals surface area contributed by atoms with Crippen molar-refractivity contribution in [2.75, 3.05) is 0 Å². The Morgan fingerprint density at radius 3 is 2.80 bits per heavy atom. The molecule has 0 fully saturated rings. The van der Waals surface area contributed by atoms with Gasteiger partial charge in [-0.15, -0.1) is 0 Å². The van der Waals surface area contributed by atoms with Crippen molar-refractivity contribution in [3.8, 4) is 5.88 Å². The Labute approximate surface area is 125 Å². The molecule has 0 aliphatic rings. The second kappa shape index (κ2) is 5.13. The first kappa shape index (κ1) is 12.9. The van der Waals surface area contributed by atoms with E-state index in [9.17, 15) is 5.11 Å². The molecule has 3 nitrogen and oxygen atoms in total. The third-order valence-electron chi connectivity index (χ3n) is 3.22. The number of para-hydroxylation sites is 1. The lowest BCUT2D eigenvalue weighted by Crippen LogP contribution is -1.80. The third-order valence-corrected chi connectivity index (χ3v) is 3.71. The summed E-state index contributed by atoms with van der Waals surface area (Å²) in [4.78, 5) is 7.42. The maximum atomic E-state index is 9.97. The van der Waals surface area contributed by atoms with E-state index in [1.807, 2.05) is 49.4 Å². The van der Waals surface area contributed by atoms with Crippen LogP contribution in [0.15, 0.2) is 51.9 Å². The quantitative estimate of drug-likeness (QED) is 0.658. The molecule has 0 saturated heterocycles. The van der Waals surface area contributed by atoms with Crippen LogP contribution in [-0.4, -0.2) is 16.3 Å². The molecule has 100 valence electrons. The van der Waals surface area contributed by atoms with Gasteiger partial charge in [-0.3, -0.25) is 4.99 Å². The van der Waals surface area contributed by atoms with Crippen molar-refractivity contribution in [2.45, 2.75) is 6.92 Å². The molecular weight excluding hydrogens is 316 g/mol. The summed E-state index contributed by atoms with van der Waals surface area (Å²) in [7, 11) is 0. The van der Waals surface area contributed by atoms with Crippen molar-refractivity contribution >= 4 is 38.7 Å². The highest BCUT2D eigenvalue weighted by Crippen LogP contribution is 2.27. The lowest BCUT2D eigenvalue weighted by atomic mass is 10.2. The zero-order valence-corrected chi connectivity index (χ0v) is 12.5. The van der Waals surface area contributed by atoms with Gasteiger partial charge in [0.15, 0.2) is 5.88 Å². The maximum Gasteiger partial charge on any atom is 0.198 e. The van der Waals surface area contributed by atoms with Gasteiger partial charge in [0.05, 0.1) is 11.3 Å². The summed E-state index contributed by atoms with van der Waals surface area (Å²) in [5.74, 6) is 0.143. The number of aromatic nitrogens is 1. The number of halogens is 1. The van der Waals surface area contributed by atoms with Crippen molar-refractivity contribution in [2.24, 2.45) is 4.99 Å². The predicted octanol–water partition coefficient (Wildman–Crippen LogP) is 4.70. The third kappa shape index (κ3) is 2.34. The van der Waals surface area contributed by atoms with Crippen LogP contribution in [0.5, 0.6) is 5.88 Å². The van der Waals surface area contributed by atoms with E-state index in [1.165, 1.54) is 0 Å². The van der Waals surface area contributed by atoms with Gasteiger partial charge in [-0.2, -0.15) is 0 Å². The van der Waals surface area contributed by atoms with Gasteiger partial charge >= 0.3 is 0 Å². The highest BCUT2D eigenvalue weighted by molar-refractivity contribution is 9.10. The molecule has 0 bridgehead atoms. The molecule has 0 spiro atoms. The van der Waals surface area contributed by atoms with E-state index < -0.39 is 0 Å². The minimum atomic E-state index is 0.143. The minimum Gasteiger partial charge on any atom is -0.494 e. The fourth-order valence-electron chi connectivity index (χ4n) is 2.18. The number of aliphatic imine (C=N–C) groups is 1. The van der Waals surface area contributed by atoms with E-state index in [4.69, 9.17) is 0 Å². The smallest absolute Gasteiger partial charge is 0.198 e. The monoisotopic (exact) mass is 328 g/mol. The van der Waals surface area contributed by atoms with Gasteiger partial charge in [-0.05, 0) is 36.8 Å². The molecule has 1 aromatic heterocycles. The lowest BCUT2D eigenvalue weighted by Gasteiger charge is -2.00. The number of hydrogen-bond acceptors (Lipinski definition) is 2. The van der Waals surface area contributed by atoms with Gasteiger partial charge in [-0.1, -0.05) is 34.1 Å². The van der Waals surface area contributed by atoms with E-state index in [2.05, 4.69) is 25.9 Å². The average Bonchev–Trinajstić information content (AvgIpc) is 2.74. The largest absolute Gasteiger partial charge is 0.494 e. The Kier molecular flexibility index (Phi) is 3.32. The van der Waals surface area contributed by atoms with Crippen LogP contribution in [0, 0.1) is 6.92 Å². The molecule has 2 aromatic carbocycles. The minimum absolute atomic E-state index is 0.143. The Morgan fingerprint density at radius 2 is 2.00 bits per heavy atom. The molecule has 1 heterocycles. The molecule has 3 aromatic rings. The fraction of sp³-hybridized carbons (Fsp3) is 0.0625. The van der Waals surface area contributed by atoms with E-state index in [0.717, 1.165) is 26.6 Å². The van der Waals surface area contributed by atoms with Crippen LogP contribution >= 0.6 is 15.9 Å². The second-order valence-electron chi connectivity index (χ2n) is 4.62. The van der Waals surface area contributed by atoms with Crippen molar-refractivity contribution in [3.05, 3.63) is 58.1 Å². The number of rotatable bonds is 2. The number of aromatic hydroxyl groups is 1. The van der Waals surface area contributed by atoms with E-state index in [0.29, 0.717) is 5.56 Å². The number of fused-ring (bicyclic) bond motifs is 1. The standard InChI is InChI=1S/C16H13BrN2O/c1-10-8-11(17)6-7-14(10)18-9-13-12-4-2-3-5-15(12)19-16(13)20/h2-9,19-20H,1H3. The summed E-state index contributed by atoms with van der Waals surface area (Å²) < 4.78 is 1.03. The SMILES string of the molecule is Cc1cc(Br)ccc1N=Cc1c(O)[nH]c2ccccc12. The predicted molar refractivity (Wildman–Crippen MR) is 86.1 cm³/mol. The van der Waals surface area contributed by atoms with Crippen LogP contribution in [0.2, 0.25) is 0 Å². The number of nitrogens with one attached hydrogen (secondary N) is 1. The summed E-state index contributed by atoms with van der Waals surface area (Å²) in [6.45, 7) is 2.01. The van der Waals surface area contributed by atoms with Crippen LogP contribution in [0.4, 0.5) is 5.69 Å². The molecule has 0 aliphatic heterocycles. The molecule has 0 saturated carbocycles. The Hall–Kier alpha value is -2.07. The molecule has 2 N–H and O–H groups in total. The van der Waals surface area contributed by atoms with Crippen molar-refractivity contribution < 1.29 is 5.11 Å². The van der Waals surface area contributed by atoms with Crippen LogP contribution in [-0.2, 0) is 0 Å². The van der Waals surface area contributed by atoms with E-state index >= 15 is 0 Å². The van der Waals surface area contributed by atoms with Crippen LogP contribution in [0.3, 0.4) is 0 Å². The Bertz CT molecular complexity index is 805. The van der Waals surface area contributed by atoms with Crippen molar-refractivity contribution in [1.82, 2.24) is 4.98 Å². The summed E-state index contributed by atoms with van der Waals surface area (Å²) in [6, 6.07) is 13.7. The van der Waals surface area contributed by atoms with Crippen molar-refractivity contribution in [3.63, 3.8) is 0 Å². The molecule has 0 unspecified atom stereocenters.